The van der Waals surface area contributed by atoms with Crippen molar-refractivity contribution in [1.29, 1.82) is 0 Å². The second-order valence-electron chi connectivity index (χ2n) is 5.49. The fraction of sp³-hybridized carbons (Fsp3) is 0.375. The Morgan fingerprint density at radius 1 is 1.26 bits per heavy atom. The van der Waals surface area contributed by atoms with E-state index in [0.29, 0.717) is 47.8 Å². The van der Waals surface area contributed by atoms with Crippen LogP contribution in [0.2, 0.25) is 5.02 Å². The molecule has 0 radical (unpaired) electrons. The van der Waals surface area contributed by atoms with Crippen LogP contribution in [0.1, 0.15) is 17.0 Å². The minimum absolute atomic E-state index is 0.0401. The minimum Gasteiger partial charge on any atom is -0.493 e. The second kappa shape index (κ2) is 6.12. The number of carbonyl (C=O) groups is 2. The first kappa shape index (κ1) is 15.7. The summed E-state index contributed by atoms with van der Waals surface area (Å²) in [6, 6.07) is 5.02. The quantitative estimate of drug-likeness (QED) is 0.844. The molecule has 0 saturated carbocycles. The van der Waals surface area contributed by atoms with Crippen molar-refractivity contribution in [3.63, 3.8) is 0 Å². The summed E-state index contributed by atoms with van der Waals surface area (Å²) in [5.74, 6) is 0.510. The highest BCUT2D eigenvalue weighted by Crippen LogP contribution is 2.32. The summed E-state index contributed by atoms with van der Waals surface area (Å²) in [5.41, 5.74) is 0.489. The van der Waals surface area contributed by atoms with Crippen LogP contribution in [0.25, 0.3) is 11.0 Å². The largest absolute Gasteiger partial charge is 0.493 e. The van der Waals surface area contributed by atoms with Crippen molar-refractivity contribution in [2.45, 2.75) is 6.42 Å². The van der Waals surface area contributed by atoms with E-state index < -0.39 is 0 Å². The summed E-state index contributed by atoms with van der Waals surface area (Å²) in [6.45, 7) is 1.38. The molecule has 7 heteroatoms. The molecule has 1 aromatic heterocycles. The fourth-order valence-electron chi connectivity index (χ4n) is 2.63. The number of rotatable bonds is 2. The van der Waals surface area contributed by atoms with Crippen molar-refractivity contribution in [3.8, 4) is 5.75 Å². The van der Waals surface area contributed by atoms with E-state index >= 15 is 0 Å². The normalized spacial score (nSPS) is 15.9. The number of likely N-dealkylation sites (N-methyl/N-ethyl adjacent to an activating group) is 1. The van der Waals surface area contributed by atoms with E-state index in [-0.39, 0.29) is 17.6 Å². The van der Waals surface area contributed by atoms with Crippen LogP contribution in [0.3, 0.4) is 0 Å². The first-order valence-corrected chi connectivity index (χ1v) is 7.67. The number of methoxy groups -OCH3 is 1. The molecular formula is C16H17ClN2O4. The van der Waals surface area contributed by atoms with E-state index in [1.165, 1.54) is 7.11 Å². The third-order valence-corrected chi connectivity index (χ3v) is 4.21. The molecule has 3 rings (SSSR count). The van der Waals surface area contributed by atoms with Gasteiger partial charge in [-0.1, -0.05) is 11.6 Å². The van der Waals surface area contributed by atoms with Gasteiger partial charge < -0.3 is 19.0 Å². The maximum Gasteiger partial charge on any atom is 0.289 e. The Balaban J connectivity index is 1.90. The highest BCUT2D eigenvalue weighted by molar-refractivity contribution is 6.31. The van der Waals surface area contributed by atoms with Crippen LogP contribution in [0.5, 0.6) is 5.75 Å². The Hall–Kier alpha value is -2.21. The molecule has 2 aromatic rings. The lowest BCUT2D eigenvalue weighted by Gasteiger charge is -2.18. The summed E-state index contributed by atoms with van der Waals surface area (Å²) in [5, 5.41) is 1.22. The minimum atomic E-state index is -0.234. The molecule has 23 heavy (non-hydrogen) atoms. The number of nitrogens with zero attached hydrogens (tertiary/aromatic N) is 2. The van der Waals surface area contributed by atoms with Gasteiger partial charge in [-0.05, 0) is 12.1 Å². The van der Waals surface area contributed by atoms with E-state index in [1.54, 1.807) is 35.0 Å². The van der Waals surface area contributed by atoms with Crippen LogP contribution in [0, 0.1) is 0 Å². The SMILES string of the molecule is COc1cc(Cl)cc2cc(C(=O)N3CCC(=O)N(C)CC3)oc12. The van der Waals surface area contributed by atoms with Gasteiger partial charge in [-0.15, -0.1) is 0 Å². The van der Waals surface area contributed by atoms with Gasteiger partial charge >= 0.3 is 0 Å². The maximum absolute atomic E-state index is 12.6. The molecule has 0 aliphatic carbocycles. The Labute approximate surface area is 138 Å². The van der Waals surface area contributed by atoms with Crippen LogP contribution in [-0.2, 0) is 4.79 Å². The molecule has 122 valence electrons. The zero-order valence-corrected chi connectivity index (χ0v) is 13.7. The molecule has 2 heterocycles. The lowest BCUT2D eigenvalue weighted by Crippen LogP contribution is -2.34. The molecule has 0 atom stereocenters. The monoisotopic (exact) mass is 336 g/mol. The van der Waals surface area contributed by atoms with Crippen molar-refractivity contribution in [2.24, 2.45) is 0 Å². The standard InChI is InChI=1S/C16H17ClN2O4/c1-18-5-6-19(4-3-14(18)20)16(21)13-8-10-7-11(17)9-12(22-2)15(10)23-13/h7-9H,3-6H2,1-2H3. The Kier molecular flexibility index (Phi) is 4.17. The summed E-state index contributed by atoms with van der Waals surface area (Å²) >= 11 is 6.03. The van der Waals surface area contributed by atoms with Crippen molar-refractivity contribution in [2.75, 3.05) is 33.8 Å². The van der Waals surface area contributed by atoms with Gasteiger partial charge in [-0.25, -0.2) is 0 Å². The Morgan fingerprint density at radius 3 is 2.78 bits per heavy atom. The molecule has 1 fully saturated rings. The van der Waals surface area contributed by atoms with Gasteiger partial charge in [-0.2, -0.15) is 0 Å². The fourth-order valence-corrected chi connectivity index (χ4v) is 2.85. The molecule has 1 saturated heterocycles. The van der Waals surface area contributed by atoms with Crippen LogP contribution >= 0.6 is 11.6 Å². The molecule has 2 amide bonds. The molecule has 1 aliphatic rings. The topological polar surface area (TPSA) is 63.0 Å². The van der Waals surface area contributed by atoms with Crippen LogP contribution in [0.15, 0.2) is 22.6 Å². The van der Waals surface area contributed by atoms with E-state index in [2.05, 4.69) is 0 Å². The van der Waals surface area contributed by atoms with E-state index in [9.17, 15) is 9.59 Å². The van der Waals surface area contributed by atoms with Crippen LogP contribution < -0.4 is 4.74 Å². The van der Waals surface area contributed by atoms with Crippen LogP contribution in [-0.4, -0.2) is 55.4 Å². The van der Waals surface area contributed by atoms with Crippen LogP contribution in [0.4, 0.5) is 0 Å². The lowest BCUT2D eigenvalue weighted by molar-refractivity contribution is -0.129. The third kappa shape index (κ3) is 2.99. The number of ether oxygens (including phenoxy) is 1. The highest BCUT2D eigenvalue weighted by atomic mass is 35.5. The summed E-state index contributed by atoms with van der Waals surface area (Å²) in [7, 11) is 3.26. The van der Waals surface area contributed by atoms with Gasteiger partial charge in [0, 0.05) is 49.6 Å². The molecule has 0 unspecified atom stereocenters. The van der Waals surface area contributed by atoms with E-state index in [0.717, 1.165) is 0 Å². The number of hydrogen-bond donors (Lipinski definition) is 0. The van der Waals surface area contributed by atoms with E-state index in [4.69, 9.17) is 20.8 Å². The zero-order valence-electron chi connectivity index (χ0n) is 13.0. The number of benzene rings is 1. The summed E-state index contributed by atoms with van der Waals surface area (Å²) < 4.78 is 10.9. The number of hydrogen-bond acceptors (Lipinski definition) is 4. The molecule has 1 aromatic carbocycles. The van der Waals surface area contributed by atoms with Gasteiger partial charge in [0.1, 0.15) is 0 Å². The second-order valence-corrected chi connectivity index (χ2v) is 5.93. The van der Waals surface area contributed by atoms with Gasteiger partial charge in [0.25, 0.3) is 5.91 Å². The number of amides is 2. The first-order chi connectivity index (χ1) is 11.0. The Morgan fingerprint density at radius 2 is 2.04 bits per heavy atom. The van der Waals surface area contributed by atoms with Gasteiger partial charge in [0.2, 0.25) is 5.91 Å². The lowest BCUT2D eigenvalue weighted by atomic mass is 10.2. The molecule has 1 aliphatic heterocycles. The van der Waals surface area contributed by atoms with Gasteiger partial charge in [0.05, 0.1) is 7.11 Å². The molecule has 0 bridgehead atoms. The average molecular weight is 337 g/mol. The molecule has 6 nitrogen and oxygen atoms in total. The maximum atomic E-state index is 12.6. The number of halogens is 1. The smallest absolute Gasteiger partial charge is 0.289 e. The van der Waals surface area contributed by atoms with Crippen molar-refractivity contribution >= 4 is 34.4 Å². The summed E-state index contributed by atoms with van der Waals surface area (Å²) in [4.78, 5) is 27.6. The third-order valence-electron chi connectivity index (χ3n) is 3.99. The number of carbonyl (C=O) groups excluding carboxylic acids is 2. The molecule has 0 N–H and O–H groups in total. The highest BCUT2D eigenvalue weighted by Gasteiger charge is 2.25. The Bertz CT molecular complexity index is 771. The van der Waals surface area contributed by atoms with Gasteiger partial charge in [0.15, 0.2) is 17.1 Å². The first-order valence-electron chi connectivity index (χ1n) is 7.30. The predicted octanol–water partition coefficient (Wildman–Crippen LogP) is 2.40. The molecular weight excluding hydrogens is 320 g/mol. The van der Waals surface area contributed by atoms with E-state index in [1.807, 2.05) is 0 Å². The van der Waals surface area contributed by atoms with Crippen molar-refractivity contribution in [3.05, 3.63) is 29.0 Å². The number of fused-ring (bicyclic) bond motifs is 1. The average Bonchev–Trinajstić information content (AvgIpc) is 2.88. The van der Waals surface area contributed by atoms with Crippen molar-refractivity contribution < 1.29 is 18.7 Å². The number of furan rings is 1. The predicted molar refractivity (Wildman–Crippen MR) is 85.9 cm³/mol. The zero-order chi connectivity index (χ0) is 16.6. The van der Waals surface area contributed by atoms with Gasteiger partial charge in [-0.3, -0.25) is 9.59 Å². The summed E-state index contributed by atoms with van der Waals surface area (Å²) in [6.07, 6.45) is 0.317. The van der Waals surface area contributed by atoms with Crippen molar-refractivity contribution in [1.82, 2.24) is 9.80 Å². The molecule has 0 spiro atoms.